The van der Waals surface area contributed by atoms with E-state index in [1.54, 1.807) is 6.20 Å². The van der Waals surface area contributed by atoms with E-state index in [2.05, 4.69) is 15.4 Å². The molecule has 0 amide bonds. The van der Waals surface area contributed by atoms with Crippen LogP contribution in [-0.2, 0) is 6.54 Å². The Labute approximate surface area is 90.4 Å². The van der Waals surface area contributed by atoms with E-state index in [1.807, 2.05) is 37.7 Å². The lowest BCUT2D eigenvalue weighted by Crippen LogP contribution is -2.37. The standard InChI is InChI=1S/C10H19N5/c1-8(2)13-10(11)14-9(3)7-15-6-4-5-12-15/h4-6,8-9H,7H2,1-3H3,(H3,11,13,14). The molecule has 0 aliphatic heterocycles. The smallest absolute Gasteiger partial charge is 0.189 e. The summed E-state index contributed by atoms with van der Waals surface area (Å²) in [7, 11) is 0. The van der Waals surface area contributed by atoms with Gasteiger partial charge in [0.1, 0.15) is 0 Å². The van der Waals surface area contributed by atoms with Crippen molar-refractivity contribution in [3.8, 4) is 0 Å². The second kappa shape index (κ2) is 5.38. The van der Waals surface area contributed by atoms with Crippen LogP contribution in [-0.4, -0.2) is 27.8 Å². The van der Waals surface area contributed by atoms with Crippen molar-refractivity contribution in [2.24, 2.45) is 10.7 Å². The van der Waals surface area contributed by atoms with Crippen molar-refractivity contribution in [3.63, 3.8) is 0 Å². The van der Waals surface area contributed by atoms with E-state index in [-0.39, 0.29) is 6.04 Å². The molecule has 84 valence electrons. The molecule has 1 atom stereocenters. The Balaban J connectivity index is 2.44. The van der Waals surface area contributed by atoms with Crippen LogP contribution in [0.4, 0.5) is 0 Å². The second-order valence-electron chi connectivity index (χ2n) is 3.89. The molecule has 0 radical (unpaired) electrons. The molecule has 0 fully saturated rings. The highest BCUT2D eigenvalue weighted by Gasteiger charge is 2.02. The van der Waals surface area contributed by atoms with E-state index in [0.29, 0.717) is 12.0 Å². The fourth-order valence-corrected chi connectivity index (χ4v) is 1.29. The minimum atomic E-state index is 0.121. The third-order valence-electron chi connectivity index (χ3n) is 1.81. The Morgan fingerprint density at radius 2 is 2.27 bits per heavy atom. The minimum absolute atomic E-state index is 0.121. The van der Waals surface area contributed by atoms with Gasteiger partial charge in [-0.05, 0) is 26.8 Å². The van der Waals surface area contributed by atoms with Crippen molar-refractivity contribution in [2.75, 3.05) is 0 Å². The topological polar surface area (TPSA) is 68.2 Å². The summed E-state index contributed by atoms with van der Waals surface area (Å²) in [6, 6.07) is 2.33. The van der Waals surface area contributed by atoms with Gasteiger partial charge in [0.05, 0.1) is 12.6 Å². The van der Waals surface area contributed by atoms with Gasteiger partial charge >= 0.3 is 0 Å². The van der Waals surface area contributed by atoms with Gasteiger partial charge in [-0.25, -0.2) is 4.99 Å². The molecule has 5 heteroatoms. The zero-order valence-corrected chi connectivity index (χ0v) is 9.51. The molecule has 0 saturated heterocycles. The first-order valence-electron chi connectivity index (χ1n) is 5.15. The maximum atomic E-state index is 5.71. The number of guanidine groups is 1. The molecule has 1 rings (SSSR count). The lowest BCUT2D eigenvalue weighted by atomic mass is 10.3. The first-order valence-corrected chi connectivity index (χ1v) is 5.15. The largest absolute Gasteiger partial charge is 0.370 e. The van der Waals surface area contributed by atoms with Gasteiger partial charge in [-0.1, -0.05) is 0 Å². The number of aromatic nitrogens is 2. The van der Waals surface area contributed by atoms with E-state index in [1.165, 1.54) is 0 Å². The number of aliphatic imine (C=N–C) groups is 1. The average Bonchev–Trinajstić information content (AvgIpc) is 2.53. The summed E-state index contributed by atoms with van der Waals surface area (Å²) in [5, 5.41) is 7.16. The molecule has 1 heterocycles. The molecule has 0 aromatic carbocycles. The van der Waals surface area contributed by atoms with E-state index >= 15 is 0 Å². The zero-order valence-electron chi connectivity index (χ0n) is 9.51. The number of nitrogens with one attached hydrogen (secondary N) is 1. The first-order chi connectivity index (χ1) is 7.08. The Morgan fingerprint density at radius 1 is 1.53 bits per heavy atom. The lowest BCUT2D eigenvalue weighted by molar-refractivity contribution is 0.537. The summed E-state index contributed by atoms with van der Waals surface area (Å²) in [5.41, 5.74) is 5.71. The van der Waals surface area contributed by atoms with Crippen molar-refractivity contribution in [3.05, 3.63) is 18.5 Å². The van der Waals surface area contributed by atoms with Crippen LogP contribution in [0.1, 0.15) is 20.8 Å². The molecular formula is C10H19N5. The normalized spacial score (nSPS) is 14.3. The van der Waals surface area contributed by atoms with E-state index in [4.69, 9.17) is 5.73 Å². The Kier molecular flexibility index (Phi) is 4.15. The number of nitrogens with zero attached hydrogens (tertiary/aromatic N) is 3. The number of nitrogens with two attached hydrogens (primary N) is 1. The van der Waals surface area contributed by atoms with E-state index in [9.17, 15) is 0 Å². The van der Waals surface area contributed by atoms with Crippen molar-refractivity contribution >= 4 is 5.96 Å². The lowest BCUT2D eigenvalue weighted by Gasteiger charge is -2.12. The maximum absolute atomic E-state index is 5.71. The third kappa shape index (κ3) is 4.49. The van der Waals surface area contributed by atoms with Crippen LogP contribution in [0.5, 0.6) is 0 Å². The minimum Gasteiger partial charge on any atom is -0.370 e. The van der Waals surface area contributed by atoms with E-state index < -0.39 is 0 Å². The Bertz CT molecular complexity index is 302. The van der Waals surface area contributed by atoms with Gasteiger partial charge in [0.15, 0.2) is 5.96 Å². The molecule has 3 N–H and O–H groups in total. The zero-order chi connectivity index (χ0) is 11.3. The summed E-state index contributed by atoms with van der Waals surface area (Å²) in [4.78, 5) is 4.31. The maximum Gasteiger partial charge on any atom is 0.189 e. The summed E-state index contributed by atoms with van der Waals surface area (Å²) in [6.45, 7) is 6.81. The SMILES string of the molecule is CC(Cn1cccn1)N=C(N)NC(C)C. The van der Waals surface area contributed by atoms with Gasteiger partial charge in [0, 0.05) is 18.4 Å². The predicted octanol–water partition coefficient (Wildman–Crippen LogP) is 0.584. The van der Waals surface area contributed by atoms with Crippen LogP contribution in [0, 0.1) is 0 Å². The Morgan fingerprint density at radius 3 is 2.80 bits per heavy atom. The number of rotatable bonds is 4. The van der Waals surface area contributed by atoms with Crippen LogP contribution in [0.3, 0.4) is 0 Å². The second-order valence-corrected chi connectivity index (χ2v) is 3.89. The monoisotopic (exact) mass is 209 g/mol. The molecule has 5 nitrogen and oxygen atoms in total. The molecular weight excluding hydrogens is 190 g/mol. The number of hydrogen-bond donors (Lipinski definition) is 2. The van der Waals surface area contributed by atoms with Gasteiger partial charge in [-0.2, -0.15) is 5.10 Å². The first kappa shape index (κ1) is 11.6. The van der Waals surface area contributed by atoms with Crippen LogP contribution in [0.25, 0.3) is 0 Å². The molecule has 0 bridgehead atoms. The average molecular weight is 209 g/mol. The molecule has 1 aromatic heterocycles. The molecule has 0 aliphatic rings. The van der Waals surface area contributed by atoms with Gasteiger partial charge in [-0.3, -0.25) is 4.68 Å². The van der Waals surface area contributed by atoms with Crippen LogP contribution < -0.4 is 11.1 Å². The van der Waals surface area contributed by atoms with Crippen molar-refractivity contribution in [1.82, 2.24) is 15.1 Å². The highest BCUT2D eigenvalue weighted by molar-refractivity contribution is 5.78. The number of hydrogen-bond acceptors (Lipinski definition) is 2. The van der Waals surface area contributed by atoms with Crippen molar-refractivity contribution in [1.29, 1.82) is 0 Å². The summed E-state index contributed by atoms with van der Waals surface area (Å²) in [5.74, 6) is 0.490. The predicted molar refractivity (Wildman–Crippen MR) is 61.6 cm³/mol. The van der Waals surface area contributed by atoms with Crippen LogP contribution >= 0.6 is 0 Å². The molecule has 1 aromatic rings. The van der Waals surface area contributed by atoms with Gasteiger partial charge < -0.3 is 11.1 Å². The van der Waals surface area contributed by atoms with Gasteiger partial charge in [-0.15, -0.1) is 0 Å². The highest BCUT2D eigenvalue weighted by atomic mass is 15.3. The Hall–Kier alpha value is -1.52. The third-order valence-corrected chi connectivity index (χ3v) is 1.81. The van der Waals surface area contributed by atoms with Crippen molar-refractivity contribution < 1.29 is 0 Å². The molecule has 15 heavy (non-hydrogen) atoms. The van der Waals surface area contributed by atoms with Gasteiger partial charge in [0.25, 0.3) is 0 Å². The molecule has 0 spiro atoms. The van der Waals surface area contributed by atoms with Crippen LogP contribution in [0.15, 0.2) is 23.5 Å². The molecule has 1 unspecified atom stereocenters. The molecule has 0 saturated carbocycles. The van der Waals surface area contributed by atoms with E-state index in [0.717, 1.165) is 6.54 Å². The fraction of sp³-hybridized carbons (Fsp3) is 0.600. The highest BCUT2D eigenvalue weighted by Crippen LogP contribution is 1.95. The van der Waals surface area contributed by atoms with Gasteiger partial charge in [0.2, 0.25) is 0 Å². The summed E-state index contributed by atoms with van der Waals surface area (Å²) in [6.07, 6.45) is 3.67. The fourth-order valence-electron chi connectivity index (χ4n) is 1.29. The quantitative estimate of drug-likeness (QED) is 0.563. The molecule has 0 aliphatic carbocycles. The van der Waals surface area contributed by atoms with Crippen LogP contribution in [0.2, 0.25) is 0 Å². The summed E-state index contributed by atoms with van der Waals surface area (Å²) < 4.78 is 1.84. The summed E-state index contributed by atoms with van der Waals surface area (Å²) >= 11 is 0. The van der Waals surface area contributed by atoms with Crippen molar-refractivity contribution in [2.45, 2.75) is 39.4 Å².